The quantitative estimate of drug-likeness (QED) is 0.416. The predicted molar refractivity (Wildman–Crippen MR) is 136 cm³/mol. The highest BCUT2D eigenvalue weighted by molar-refractivity contribution is 6.01. The van der Waals surface area contributed by atoms with E-state index in [9.17, 15) is 14.7 Å². The first-order chi connectivity index (χ1) is 17.8. The zero-order valence-corrected chi connectivity index (χ0v) is 21.5. The van der Waals surface area contributed by atoms with E-state index < -0.39 is 17.3 Å². The van der Waals surface area contributed by atoms with Gasteiger partial charge in [-0.3, -0.25) is 4.79 Å². The molecule has 0 bridgehead atoms. The van der Waals surface area contributed by atoms with Gasteiger partial charge in [0.1, 0.15) is 16.9 Å². The van der Waals surface area contributed by atoms with Crippen LogP contribution >= 0.6 is 0 Å². The average Bonchev–Trinajstić information content (AvgIpc) is 3.41. The molecule has 8 nitrogen and oxygen atoms in total. The van der Waals surface area contributed by atoms with E-state index in [1.54, 1.807) is 12.1 Å². The maximum atomic E-state index is 15.8. The van der Waals surface area contributed by atoms with Crippen LogP contribution in [0, 0.1) is 5.82 Å². The van der Waals surface area contributed by atoms with Crippen LogP contribution in [0.25, 0.3) is 11.1 Å². The van der Waals surface area contributed by atoms with Crippen molar-refractivity contribution in [1.29, 1.82) is 0 Å². The van der Waals surface area contributed by atoms with E-state index in [0.717, 1.165) is 25.7 Å². The topological polar surface area (TPSA) is 103 Å². The van der Waals surface area contributed by atoms with Crippen LogP contribution in [0.4, 0.5) is 10.1 Å². The number of benzene rings is 2. The number of carbonyl (C=O) groups excluding carboxylic acids is 1. The number of carboxylic acid groups (broad SMARTS) is 1. The van der Waals surface area contributed by atoms with Gasteiger partial charge >= 0.3 is 5.97 Å². The summed E-state index contributed by atoms with van der Waals surface area (Å²) in [6.45, 7) is 2.25. The number of anilines is 1. The summed E-state index contributed by atoms with van der Waals surface area (Å²) in [5.41, 5.74) is 0.917. The molecule has 0 amide bonds. The minimum absolute atomic E-state index is 0.0382. The number of ether oxygens (including phenoxy) is 4. The fraction of sp³-hybridized carbons (Fsp3) is 0.500. The molecule has 1 heterocycles. The summed E-state index contributed by atoms with van der Waals surface area (Å²) >= 11 is 0. The number of halogens is 1. The van der Waals surface area contributed by atoms with E-state index in [1.807, 2.05) is 6.07 Å². The first-order valence-corrected chi connectivity index (χ1v) is 12.6. The minimum atomic E-state index is -1.15. The van der Waals surface area contributed by atoms with Crippen molar-refractivity contribution in [2.45, 2.75) is 63.7 Å². The molecule has 1 aliphatic carbocycles. The third-order valence-corrected chi connectivity index (χ3v) is 7.27. The Morgan fingerprint density at radius 1 is 1.11 bits per heavy atom. The van der Waals surface area contributed by atoms with Crippen LogP contribution in [0.5, 0.6) is 11.5 Å². The third-order valence-electron chi connectivity index (χ3n) is 7.27. The van der Waals surface area contributed by atoms with E-state index in [1.165, 1.54) is 27.2 Å². The smallest absolute Gasteiger partial charge is 0.329 e. The van der Waals surface area contributed by atoms with Gasteiger partial charge < -0.3 is 29.4 Å². The number of hydrogen-bond acceptors (Lipinski definition) is 7. The molecule has 2 N–H and O–H groups in total. The zero-order chi connectivity index (χ0) is 26.6. The Balaban J connectivity index is 1.78. The molecule has 2 fully saturated rings. The fourth-order valence-electron chi connectivity index (χ4n) is 5.20. The highest BCUT2D eigenvalue weighted by Crippen LogP contribution is 2.41. The van der Waals surface area contributed by atoms with Crippen LogP contribution in [0.3, 0.4) is 0 Å². The molecule has 0 aromatic heterocycles. The van der Waals surface area contributed by atoms with Crippen molar-refractivity contribution in [3.8, 4) is 22.6 Å². The summed E-state index contributed by atoms with van der Waals surface area (Å²) in [7, 11) is 2.73. The van der Waals surface area contributed by atoms with Crippen molar-refractivity contribution in [2.75, 3.05) is 32.8 Å². The summed E-state index contributed by atoms with van der Waals surface area (Å²) < 4.78 is 38.0. The van der Waals surface area contributed by atoms with Crippen LogP contribution in [0.2, 0.25) is 0 Å². The van der Waals surface area contributed by atoms with Crippen molar-refractivity contribution in [3.63, 3.8) is 0 Å². The average molecular weight is 516 g/mol. The lowest BCUT2D eigenvalue weighted by molar-refractivity contribution is -0.145. The van der Waals surface area contributed by atoms with E-state index in [0.29, 0.717) is 42.9 Å². The molecule has 0 radical (unpaired) electrons. The third kappa shape index (κ3) is 5.57. The molecule has 0 atom stereocenters. The van der Waals surface area contributed by atoms with Crippen molar-refractivity contribution < 1.29 is 38.0 Å². The number of rotatable bonds is 10. The highest BCUT2D eigenvalue weighted by atomic mass is 19.1. The van der Waals surface area contributed by atoms with Gasteiger partial charge in [-0.2, -0.15) is 0 Å². The molecule has 1 aliphatic heterocycles. The predicted octanol–water partition coefficient (Wildman–Crippen LogP) is 5.22. The molecule has 0 unspecified atom stereocenters. The van der Waals surface area contributed by atoms with Gasteiger partial charge in [-0.25, -0.2) is 9.18 Å². The second kappa shape index (κ2) is 11.5. The number of methoxy groups -OCH3 is 2. The van der Waals surface area contributed by atoms with Crippen molar-refractivity contribution in [1.82, 2.24) is 0 Å². The summed E-state index contributed by atoms with van der Waals surface area (Å²) in [6.07, 6.45) is 4.94. The molecule has 2 aromatic carbocycles. The number of ketones is 1. The molecular weight excluding hydrogens is 481 g/mol. The normalized spacial score (nSPS) is 17.4. The van der Waals surface area contributed by atoms with Crippen LogP contribution in [-0.2, 0) is 20.9 Å². The van der Waals surface area contributed by atoms with E-state index in [4.69, 9.17) is 18.9 Å². The summed E-state index contributed by atoms with van der Waals surface area (Å²) in [6, 6.07) is 6.76. The Morgan fingerprint density at radius 3 is 2.41 bits per heavy atom. The molecular formula is C28H34FNO7. The Kier molecular flexibility index (Phi) is 8.34. The summed E-state index contributed by atoms with van der Waals surface area (Å²) in [5, 5.41) is 13.2. The van der Waals surface area contributed by atoms with Crippen LogP contribution in [0.1, 0.15) is 61.4 Å². The molecule has 2 aromatic rings. The molecule has 200 valence electrons. The lowest BCUT2D eigenvalue weighted by atomic mass is 9.89. The lowest BCUT2D eigenvalue weighted by Gasteiger charge is -2.35. The van der Waals surface area contributed by atoms with Crippen molar-refractivity contribution >= 4 is 17.4 Å². The molecule has 2 aliphatic rings. The van der Waals surface area contributed by atoms with Gasteiger partial charge in [-0.1, -0.05) is 18.9 Å². The Labute approximate surface area is 216 Å². The van der Waals surface area contributed by atoms with Gasteiger partial charge in [-0.05, 0) is 49.1 Å². The SMILES string of the molecule is COc1cc(-c2ccc(NC3(C(=O)O)CCOCC3)cc2COC2CCCC2)c(F)c(OC)c1C(C)=O. The maximum Gasteiger partial charge on any atom is 0.329 e. The number of aliphatic carboxylic acids is 1. The largest absolute Gasteiger partial charge is 0.496 e. The Morgan fingerprint density at radius 2 is 1.81 bits per heavy atom. The number of Topliss-reactive ketones (excluding diaryl/α,β-unsaturated/α-hetero) is 1. The number of carboxylic acids is 1. The Bertz CT molecular complexity index is 1150. The number of nitrogens with one attached hydrogen (secondary N) is 1. The van der Waals surface area contributed by atoms with Crippen LogP contribution < -0.4 is 14.8 Å². The molecule has 9 heteroatoms. The summed E-state index contributed by atoms with van der Waals surface area (Å²) in [5.74, 6) is -1.97. The molecule has 37 heavy (non-hydrogen) atoms. The van der Waals surface area contributed by atoms with Gasteiger partial charge in [-0.15, -0.1) is 0 Å². The van der Waals surface area contributed by atoms with Gasteiger partial charge in [0, 0.05) is 37.3 Å². The lowest BCUT2D eigenvalue weighted by Crippen LogP contribution is -2.50. The molecule has 1 saturated heterocycles. The van der Waals surface area contributed by atoms with E-state index in [-0.39, 0.29) is 41.1 Å². The standard InChI is InChI=1S/C28H34FNO7/c1-17(31)24-23(34-2)15-22(25(29)26(24)35-3)21-9-8-19(14-18(21)16-37-20-6-4-5-7-20)30-28(27(32)33)10-12-36-13-11-28/h8-9,14-15,20,30H,4-7,10-13,16H2,1-3H3,(H,32,33). The molecule has 4 rings (SSSR count). The van der Waals surface area contributed by atoms with Crippen LogP contribution in [0.15, 0.2) is 24.3 Å². The van der Waals surface area contributed by atoms with Gasteiger partial charge in [0.2, 0.25) is 0 Å². The van der Waals surface area contributed by atoms with Crippen molar-refractivity contribution in [3.05, 3.63) is 41.2 Å². The maximum absolute atomic E-state index is 15.8. The Hall–Kier alpha value is -3.17. The monoisotopic (exact) mass is 515 g/mol. The molecule has 0 spiro atoms. The second-order valence-electron chi connectivity index (χ2n) is 9.62. The van der Waals surface area contributed by atoms with Crippen LogP contribution in [-0.4, -0.2) is 55.9 Å². The van der Waals surface area contributed by atoms with E-state index in [2.05, 4.69) is 5.32 Å². The van der Waals surface area contributed by atoms with Crippen molar-refractivity contribution in [2.24, 2.45) is 0 Å². The first kappa shape index (κ1) is 26.9. The van der Waals surface area contributed by atoms with Gasteiger partial charge in [0.25, 0.3) is 0 Å². The number of carbonyl (C=O) groups is 2. The second-order valence-corrected chi connectivity index (χ2v) is 9.62. The number of hydrogen-bond donors (Lipinski definition) is 2. The van der Waals surface area contributed by atoms with Gasteiger partial charge in [0.05, 0.1) is 26.9 Å². The zero-order valence-electron chi connectivity index (χ0n) is 21.5. The first-order valence-electron chi connectivity index (χ1n) is 12.6. The summed E-state index contributed by atoms with van der Waals surface area (Å²) in [4.78, 5) is 24.4. The molecule has 1 saturated carbocycles. The van der Waals surface area contributed by atoms with E-state index >= 15 is 4.39 Å². The van der Waals surface area contributed by atoms with Gasteiger partial charge in [0.15, 0.2) is 17.3 Å². The minimum Gasteiger partial charge on any atom is -0.496 e. The highest BCUT2D eigenvalue weighted by Gasteiger charge is 2.40. The fourth-order valence-corrected chi connectivity index (χ4v) is 5.20.